The molecule has 5 rings (SSSR count). The first-order valence-electron chi connectivity index (χ1n) is 9.18. The van der Waals surface area contributed by atoms with Crippen LogP contribution in [0.15, 0.2) is 79.0 Å². The molecule has 0 atom stereocenters. The molecule has 0 unspecified atom stereocenters. The lowest BCUT2D eigenvalue weighted by molar-refractivity contribution is -0.384. The van der Waals surface area contributed by atoms with Crippen molar-refractivity contribution in [1.82, 2.24) is 19.7 Å². The maximum Gasteiger partial charge on any atom is 0.271 e. The lowest BCUT2D eigenvalue weighted by Crippen LogP contribution is -1.94. The van der Waals surface area contributed by atoms with Gasteiger partial charge in [0.15, 0.2) is 0 Å². The Hall–Kier alpha value is -4.46. The fraction of sp³-hybridized carbons (Fsp3) is 0. The number of phenolic OH excluding ortho intramolecular Hbond substituents is 1. The predicted octanol–water partition coefficient (Wildman–Crippen LogP) is 4.70. The molecule has 0 aliphatic heterocycles. The molecule has 5 aromatic rings. The quantitative estimate of drug-likeness (QED) is 0.337. The molecule has 0 aliphatic carbocycles. The van der Waals surface area contributed by atoms with E-state index in [1.54, 1.807) is 28.9 Å². The zero-order chi connectivity index (χ0) is 20.7. The van der Waals surface area contributed by atoms with E-state index in [2.05, 4.69) is 9.97 Å². The van der Waals surface area contributed by atoms with Crippen molar-refractivity contribution in [2.75, 3.05) is 0 Å². The molecule has 0 saturated heterocycles. The fourth-order valence-electron chi connectivity index (χ4n) is 3.37. The Kier molecular flexibility index (Phi) is 4.03. The Balaban J connectivity index is 1.72. The standard InChI is InChI=1S/C22H15N5O3/c28-20-9-5-4-8-16(20)21-17(13-26(25-21)14-6-2-1-3-7-14)22-23-18-11-10-15(27(29)30)12-19(18)24-22/h1-13,28H,(H,23,24). The van der Waals surface area contributed by atoms with E-state index in [4.69, 9.17) is 5.10 Å². The van der Waals surface area contributed by atoms with E-state index in [0.29, 0.717) is 33.7 Å². The van der Waals surface area contributed by atoms with Gasteiger partial charge in [-0.1, -0.05) is 30.3 Å². The second-order valence-corrected chi connectivity index (χ2v) is 6.73. The summed E-state index contributed by atoms with van der Waals surface area (Å²) in [6, 6.07) is 21.0. The Morgan fingerprint density at radius 3 is 2.50 bits per heavy atom. The van der Waals surface area contributed by atoms with Gasteiger partial charge in [-0.25, -0.2) is 9.67 Å². The molecule has 0 saturated carbocycles. The van der Waals surface area contributed by atoms with Crippen LogP contribution >= 0.6 is 0 Å². The van der Waals surface area contributed by atoms with Crippen molar-refractivity contribution in [1.29, 1.82) is 0 Å². The first-order valence-corrected chi connectivity index (χ1v) is 9.18. The minimum atomic E-state index is -0.444. The van der Waals surface area contributed by atoms with Crippen LogP contribution in [-0.4, -0.2) is 29.8 Å². The van der Waals surface area contributed by atoms with E-state index in [-0.39, 0.29) is 11.4 Å². The molecule has 146 valence electrons. The van der Waals surface area contributed by atoms with Gasteiger partial charge in [-0.2, -0.15) is 5.10 Å². The number of nitro benzene ring substituents is 1. The SMILES string of the molecule is O=[N+]([O-])c1ccc2nc(-c3cn(-c4ccccc4)nc3-c3ccccc3O)[nH]c2c1. The highest BCUT2D eigenvalue weighted by molar-refractivity contribution is 5.86. The second-order valence-electron chi connectivity index (χ2n) is 6.73. The van der Waals surface area contributed by atoms with Gasteiger partial charge < -0.3 is 10.1 Å². The maximum absolute atomic E-state index is 11.1. The lowest BCUT2D eigenvalue weighted by atomic mass is 10.1. The number of para-hydroxylation sites is 2. The van der Waals surface area contributed by atoms with E-state index in [9.17, 15) is 15.2 Å². The normalized spacial score (nSPS) is 11.1. The molecule has 0 spiro atoms. The summed E-state index contributed by atoms with van der Waals surface area (Å²) in [6.45, 7) is 0. The van der Waals surface area contributed by atoms with Gasteiger partial charge in [0, 0.05) is 23.9 Å². The molecule has 0 radical (unpaired) electrons. The molecule has 2 N–H and O–H groups in total. The van der Waals surface area contributed by atoms with Crippen LogP contribution in [0.3, 0.4) is 0 Å². The molecule has 3 aromatic carbocycles. The summed E-state index contributed by atoms with van der Waals surface area (Å²) in [7, 11) is 0. The number of benzene rings is 3. The first-order chi connectivity index (χ1) is 14.6. The molecule has 30 heavy (non-hydrogen) atoms. The third kappa shape index (κ3) is 2.96. The highest BCUT2D eigenvalue weighted by Gasteiger charge is 2.20. The molecule has 8 nitrogen and oxygen atoms in total. The Morgan fingerprint density at radius 1 is 0.967 bits per heavy atom. The van der Waals surface area contributed by atoms with Crippen LogP contribution in [0.2, 0.25) is 0 Å². The highest BCUT2D eigenvalue weighted by atomic mass is 16.6. The molecule has 0 amide bonds. The fourth-order valence-corrected chi connectivity index (χ4v) is 3.37. The van der Waals surface area contributed by atoms with E-state index in [1.807, 2.05) is 42.6 Å². The van der Waals surface area contributed by atoms with Crippen LogP contribution < -0.4 is 0 Å². The topological polar surface area (TPSA) is 110 Å². The van der Waals surface area contributed by atoms with Crippen LogP contribution in [0.4, 0.5) is 5.69 Å². The number of nitro groups is 1. The summed E-state index contributed by atoms with van der Waals surface area (Å²) in [5.41, 5.74) is 3.77. The van der Waals surface area contributed by atoms with Crippen LogP contribution in [0, 0.1) is 10.1 Å². The number of non-ortho nitro benzene ring substituents is 1. The van der Waals surface area contributed by atoms with Crippen molar-refractivity contribution in [3.8, 4) is 34.1 Å². The molecule has 8 heteroatoms. The molecule has 2 heterocycles. The number of nitrogens with one attached hydrogen (secondary N) is 1. The van der Waals surface area contributed by atoms with Gasteiger partial charge in [0.1, 0.15) is 17.3 Å². The minimum absolute atomic E-state index is 0.0152. The number of aromatic nitrogens is 4. The van der Waals surface area contributed by atoms with Crippen molar-refractivity contribution in [3.05, 3.63) is 89.1 Å². The third-order valence-electron chi connectivity index (χ3n) is 4.83. The summed E-state index contributed by atoms with van der Waals surface area (Å²) in [5.74, 6) is 0.606. The number of fused-ring (bicyclic) bond motifs is 1. The van der Waals surface area contributed by atoms with Crippen molar-refractivity contribution in [2.45, 2.75) is 0 Å². The molecular formula is C22H15N5O3. The summed E-state index contributed by atoms with van der Waals surface area (Å²) in [5, 5.41) is 26.2. The van der Waals surface area contributed by atoms with Gasteiger partial charge in [-0.15, -0.1) is 0 Å². The lowest BCUT2D eigenvalue weighted by Gasteiger charge is -2.03. The average Bonchev–Trinajstić information content (AvgIpc) is 3.38. The number of hydrogen-bond acceptors (Lipinski definition) is 5. The Labute approximate surface area is 170 Å². The Morgan fingerprint density at radius 2 is 1.73 bits per heavy atom. The van der Waals surface area contributed by atoms with Crippen LogP contribution in [0.1, 0.15) is 0 Å². The predicted molar refractivity (Wildman–Crippen MR) is 112 cm³/mol. The number of nitrogens with zero attached hydrogens (tertiary/aromatic N) is 4. The van der Waals surface area contributed by atoms with Gasteiger partial charge in [-0.05, 0) is 30.3 Å². The largest absolute Gasteiger partial charge is 0.507 e. The van der Waals surface area contributed by atoms with Crippen molar-refractivity contribution in [2.24, 2.45) is 0 Å². The van der Waals surface area contributed by atoms with Gasteiger partial charge in [-0.3, -0.25) is 10.1 Å². The van der Waals surface area contributed by atoms with Crippen molar-refractivity contribution >= 4 is 16.7 Å². The van der Waals surface area contributed by atoms with Crippen LogP contribution in [-0.2, 0) is 0 Å². The molecule has 0 bridgehead atoms. The van der Waals surface area contributed by atoms with Crippen LogP contribution in [0.5, 0.6) is 5.75 Å². The van der Waals surface area contributed by atoms with Crippen molar-refractivity contribution < 1.29 is 10.0 Å². The van der Waals surface area contributed by atoms with Gasteiger partial charge >= 0.3 is 0 Å². The van der Waals surface area contributed by atoms with E-state index >= 15 is 0 Å². The number of rotatable bonds is 4. The van der Waals surface area contributed by atoms with E-state index in [0.717, 1.165) is 5.69 Å². The second kappa shape index (κ2) is 6.85. The van der Waals surface area contributed by atoms with Gasteiger partial charge in [0.25, 0.3) is 5.69 Å². The number of phenols is 1. The zero-order valence-electron chi connectivity index (χ0n) is 15.6. The smallest absolute Gasteiger partial charge is 0.271 e. The number of aromatic amines is 1. The molecule has 0 aliphatic rings. The third-order valence-corrected chi connectivity index (χ3v) is 4.83. The number of aromatic hydroxyl groups is 1. The summed E-state index contributed by atoms with van der Waals surface area (Å²) >= 11 is 0. The van der Waals surface area contributed by atoms with Gasteiger partial charge in [0.05, 0.1) is 27.2 Å². The van der Waals surface area contributed by atoms with Crippen molar-refractivity contribution in [3.63, 3.8) is 0 Å². The number of H-pyrrole nitrogens is 1. The summed E-state index contributed by atoms with van der Waals surface area (Å²) < 4.78 is 1.72. The number of imidazole rings is 1. The first kappa shape index (κ1) is 17.6. The minimum Gasteiger partial charge on any atom is -0.507 e. The zero-order valence-corrected chi connectivity index (χ0v) is 15.6. The molecule has 0 fully saturated rings. The van der Waals surface area contributed by atoms with E-state index < -0.39 is 4.92 Å². The summed E-state index contributed by atoms with van der Waals surface area (Å²) in [6.07, 6.45) is 1.82. The van der Waals surface area contributed by atoms with Crippen LogP contribution in [0.25, 0.3) is 39.4 Å². The average molecular weight is 397 g/mol. The maximum atomic E-state index is 11.1. The van der Waals surface area contributed by atoms with Gasteiger partial charge in [0.2, 0.25) is 0 Å². The number of hydrogen-bond donors (Lipinski definition) is 2. The summed E-state index contributed by atoms with van der Waals surface area (Å²) in [4.78, 5) is 18.4. The highest BCUT2D eigenvalue weighted by Crippen LogP contribution is 2.36. The molecule has 2 aromatic heterocycles. The monoisotopic (exact) mass is 397 g/mol. The molecular weight excluding hydrogens is 382 g/mol. The van der Waals surface area contributed by atoms with E-state index in [1.165, 1.54) is 12.1 Å². The Bertz CT molecular complexity index is 1390.